The Morgan fingerprint density at radius 3 is 2.58 bits per heavy atom. The first-order valence-corrected chi connectivity index (χ1v) is 8.11. The van der Waals surface area contributed by atoms with E-state index in [2.05, 4.69) is 4.98 Å². The molecule has 0 unspecified atom stereocenters. The molecule has 1 saturated heterocycles. The lowest BCUT2D eigenvalue weighted by Gasteiger charge is -2.34. The monoisotopic (exact) mass is 367 g/mol. The number of ether oxygens (including phenoxy) is 1. The van der Waals surface area contributed by atoms with E-state index < -0.39 is 6.09 Å². The third-order valence-electron chi connectivity index (χ3n) is 3.76. The summed E-state index contributed by atoms with van der Waals surface area (Å²) in [5, 5.41) is 9.77. The predicted octanol–water partition coefficient (Wildman–Crippen LogP) is 3.98. The highest BCUT2D eigenvalue weighted by Gasteiger charge is 2.23. The van der Waals surface area contributed by atoms with Gasteiger partial charge in [0.1, 0.15) is 16.5 Å². The second kappa shape index (κ2) is 7.15. The van der Waals surface area contributed by atoms with Crippen molar-refractivity contribution in [2.24, 2.45) is 0 Å². The smallest absolute Gasteiger partial charge is 0.407 e. The molecule has 1 N–H and O–H groups in total. The number of anilines is 1. The van der Waals surface area contributed by atoms with Crippen LogP contribution in [0.15, 0.2) is 36.5 Å². The summed E-state index contributed by atoms with van der Waals surface area (Å²) in [6.45, 7) is 2.00. The van der Waals surface area contributed by atoms with E-state index in [1.165, 1.54) is 4.90 Å². The maximum absolute atomic E-state index is 11.0. The SMILES string of the molecule is O=C(O)N1CCN(c2cccnc2Oc2cccc(Cl)c2Cl)CC1. The third kappa shape index (κ3) is 3.49. The minimum atomic E-state index is -0.900. The fourth-order valence-electron chi connectivity index (χ4n) is 2.51. The fourth-order valence-corrected chi connectivity index (χ4v) is 2.84. The molecule has 6 nitrogen and oxygen atoms in total. The molecule has 0 aliphatic carbocycles. The quantitative estimate of drug-likeness (QED) is 0.888. The van der Waals surface area contributed by atoms with E-state index >= 15 is 0 Å². The number of nitrogens with zero attached hydrogens (tertiary/aromatic N) is 3. The van der Waals surface area contributed by atoms with Gasteiger partial charge in [-0.15, -0.1) is 0 Å². The Kier molecular flexibility index (Phi) is 4.97. The van der Waals surface area contributed by atoms with Crippen LogP contribution in [0.1, 0.15) is 0 Å². The van der Waals surface area contributed by atoms with Crippen molar-refractivity contribution in [1.82, 2.24) is 9.88 Å². The highest BCUT2D eigenvalue weighted by atomic mass is 35.5. The molecule has 0 saturated carbocycles. The first kappa shape index (κ1) is 16.7. The molecule has 2 aromatic rings. The Labute approximate surface area is 149 Å². The number of carbonyl (C=O) groups is 1. The number of pyridine rings is 1. The fraction of sp³-hybridized carbons (Fsp3) is 0.250. The first-order chi connectivity index (χ1) is 11.6. The standard InChI is InChI=1S/C16H15Cl2N3O3/c17-11-3-1-5-13(14(11)18)24-15-12(4-2-6-19-15)20-7-9-21(10-8-20)16(22)23/h1-6H,7-10H2,(H,22,23). The average Bonchev–Trinajstić information content (AvgIpc) is 2.59. The summed E-state index contributed by atoms with van der Waals surface area (Å²) in [4.78, 5) is 18.7. The zero-order valence-electron chi connectivity index (χ0n) is 12.7. The van der Waals surface area contributed by atoms with Crippen LogP contribution in [-0.4, -0.2) is 47.3 Å². The van der Waals surface area contributed by atoms with E-state index in [0.29, 0.717) is 47.9 Å². The van der Waals surface area contributed by atoms with E-state index in [1.54, 1.807) is 24.4 Å². The van der Waals surface area contributed by atoms with E-state index in [0.717, 1.165) is 5.69 Å². The van der Waals surface area contributed by atoms with Crippen molar-refractivity contribution >= 4 is 35.0 Å². The maximum Gasteiger partial charge on any atom is 0.407 e. The summed E-state index contributed by atoms with van der Waals surface area (Å²) in [6, 6.07) is 8.84. The number of benzene rings is 1. The van der Waals surface area contributed by atoms with Crippen LogP contribution in [0.4, 0.5) is 10.5 Å². The zero-order valence-corrected chi connectivity index (χ0v) is 14.2. The van der Waals surface area contributed by atoms with E-state index in [1.807, 2.05) is 17.0 Å². The van der Waals surface area contributed by atoms with E-state index in [-0.39, 0.29) is 0 Å². The van der Waals surface area contributed by atoms with Crippen molar-refractivity contribution < 1.29 is 14.6 Å². The highest BCUT2D eigenvalue weighted by molar-refractivity contribution is 6.42. The van der Waals surface area contributed by atoms with Crippen LogP contribution in [0.2, 0.25) is 10.0 Å². The van der Waals surface area contributed by atoms with E-state index in [4.69, 9.17) is 33.0 Å². The van der Waals surface area contributed by atoms with Gasteiger partial charge in [-0.25, -0.2) is 9.78 Å². The van der Waals surface area contributed by atoms with Gasteiger partial charge in [0.25, 0.3) is 0 Å². The number of piperazine rings is 1. The maximum atomic E-state index is 11.0. The molecule has 2 heterocycles. The highest BCUT2D eigenvalue weighted by Crippen LogP contribution is 2.37. The van der Waals surface area contributed by atoms with Crippen LogP contribution in [0.3, 0.4) is 0 Å². The van der Waals surface area contributed by atoms with Crippen molar-refractivity contribution in [1.29, 1.82) is 0 Å². The van der Waals surface area contributed by atoms with Gasteiger partial charge < -0.3 is 19.6 Å². The number of hydrogen-bond acceptors (Lipinski definition) is 4. The van der Waals surface area contributed by atoms with Crippen molar-refractivity contribution in [2.45, 2.75) is 0 Å². The number of hydrogen-bond donors (Lipinski definition) is 1. The van der Waals surface area contributed by atoms with Gasteiger partial charge in [-0.05, 0) is 24.3 Å². The van der Waals surface area contributed by atoms with Crippen LogP contribution in [0, 0.1) is 0 Å². The lowest BCUT2D eigenvalue weighted by atomic mass is 10.2. The first-order valence-electron chi connectivity index (χ1n) is 7.36. The third-order valence-corrected chi connectivity index (χ3v) is 4.57. The Hall–Kier alpha value is -2.18. The molecule has 3 rings (SSSR count). The van der Waals surface area contributed by atoms with Gasteiger partial charge in [-0.1, -0.05) is 29.3 Å². The summed E-state index contributed by atoms with van der Waals surface area (Å²) in [5.41, 5.74) is 0.790. The number of amides is 1. The van der Waals surface area contributed by atoms with Crippen molar-refractivity contribution in [3.63, 3.8) is 0 Å². The lowest BCUT2D eigenvalue weighted by molar-refractivity contribution is 0.142. The molecule has 8 heteroatoms. The van der Waals surface area contributed by atoms with Gasteiger partial charge >= 0.3 is 6.09 Å². The lowest BCUT2D eigenvalue weighted by Crippen LogP contribution is -2.48. The number of rotatable bonds is 3. The molecule has 0 radical (unpaired) electrons. The summed E-state index contributed by atoms with van der Waals surface area (Å²) in [5.74, 6) is 0.832. The predicted molar refractivity (Wildman–Crippen MR) is 92.6 cm³/mol. The molecule has 1 aromatic heterocycles. The average molecular weight is 368 g/mol. The van der Waals surface area contributed by atoms with Crippen LogP contribution >= 0.6 is 23.2 Å². The molecule has 1 aliphatic rings. The summed E-state index contributed by atoms with van der Waals surface area (Å²) >= 11 is 12.2. The van der Waals surface area contributed by atoms with E-state index in [9.17, 15) is 4.79 Å². The van der Waals surface area contributed by atoms with Gasteiger partial charge in [0.05, 0.1) is 5.02 Å². The van der Waals surface area contributed by atoms with Crippen molar-refractivity contribution in [3.05, 3.63) is 46.6 Å². The molecular weight excluding hydrogens is 353 g/mol. The molecular formula is C16H15Cl2N3O3. The van der Waals surface area contributed by atoms with Gasteiger partial charge in [0, 0.05) is 32.4 Å². The van der Waals surface area contributed by atoms with Crippen LogP contribution in [0.25, 0.3) is 0 Å². The minimum Gasteiger partial charge on any atom is -0.465 e. The van der Waals surface area contributed by atoms with Gasteiger partial charge in [0.15, 0.2) is 0 Å². The number of carboxylic acid groups (broad SMARTS) is 1. The normalized spacial score (nSPS) is 14.6. The molecule has 1 fully saturated rings. The number of aromatic nitrogens is 1. The van der Waals surface area contributed by atoms with Crippen LogP contribution in [0.5, 0.6) is 11.6 Å². The van der Waals surface area contributed by atoms with Crippen LogP contribution < -0.4 is 9.64 Å². The molecule has 0 atom stereocenters. The molecule has 126 valence electrons. The largest absolute Gasteiger partial charge is 0.465 e. The number of halogens is 2. The van der Waals surface area contributed by atoms with Gasteiger partial charge in [0.2, 0.25) is 5.88 Å². The molecule has 1 aliphatic heterocycles. The summed E-state index contributed by atoms with van der Waals surface area (Å²) < 4.78 is 5.85. The second-order valence-electron chi connectivity index (χ2n) is 5.24. The molecule has 24 heavy (non-hydrogen) atoms. The molecule has 1 amide bonds. The van der Waals surface area contributed by atoms with Gasteiger partial charge in [-0.2, -0.15) is 0 Å². The second-order valence-corrected chi connectivity index (χ2v) is 6.02. The van der Waals surface area contributed by atoms with Gasteiger partial charge in [-0.3, -0.25) is 0 Å². The molecule has 0 spiro atoms. The molecule has 0 bridgehead atoms. The Bertz CT molecular complexity index is 749. The van der Waals surface area contributed by atoms with Crippen molar-refractivity contribution in [2.75, 3.05) is 31.1 Å². The topological polar surface area (TPSA) is 65.9 Å². The minimum absolute atomic E-state index is 0.325. The summed E-state index contributed by atoms with van der Waals surface area (Å²) in [7, 11) is 0. The molecule has 1 aromatic carbocycles. The zero-order chi connectivity index (χ0) is 17.1. The summed E-state index contributed by atoms with van der Waals surface area (Å²) in [6.07, 6.45) is 0.730. The van der Waals surface area contributed by atoms with Crippen LogP contribution in [-0.2, 0) is 0 Å². The van der Waals surface area contributed by atoms with Crippen molar-refractivity contribution in [3.8, 4) is 11.6 Å². The Morgan fingerprint density at radius 1 is 1.12 bits per heavy atom. The Morgan fingerprint density at radius 2 is 1.88 bits per heavy atom. The Balaban J connectivity index is 1.81.